The van der Waals surface area contributed by atoms with Crippen molar-refractivity contribution in [2.75, 3.05) is 25.6 Å². The van der Waals surface area contributed by atoms with E-state index < -0.39 is 0 Å². The van der Waals surface area contributed by atoms with E-state index in [4.69, 9.17) is 22.1 Å². The highest BCUT2D eigenvalue weighted by molar-refractivity contribution is 6.30. The Balaban J connectivity index is 2.30. The number of likely N-dealkylation sites (N-methyl/N-ethyl adjacent to an activating group) is 1. The van der Waals surface area contributed by atoms with E-state index in [9.17, 15) is 4.39 Å². The first kappa shape index (κ1) is 15.6. The minimum atomic E-state index is -0.362. The molecule has 0 spiro atoms. The number of hydrogen-bond acceptors (Lipinski definition) is 3. The molecule has 0 heterocycles. The van der Waals surface area contributed by atoms with Gasteiger partial charge in [0.2, 0.25) is 0 Å². The molecule has 2 N–H and O–H groups in total. The maximum Gasteiger partial charge on any atom is 0.125 e. The molecular weight excluding hydrogens is 291 g/mol. The lowest BCUT2D eigenvalue weighted by Crippen LogP contribution is -2.30. The number of benzene rings is 2. The van der Waals surface area contributed by atoms with Crippen molar-refractivity contribution in [3.8, 4) is 5.75 Å². The summed E-state index contributed by atoms with van der Waals surface area (Å²) in [6.07, 6.45) is 0. The zero-order chi connectivity index (χ0) is 15.4. The Kier molecular flexibility index (Phi) is 5.04. The molecule has 2 aromatic rings. The molecule has 1 unspecified atom stereocenters. The third kappa shape index (κ3) is 3.65. The molecule has 0 saturated carbocycles. The predicted molar refractivity (Wildman–Crippen MR) is 84.6 cm³/mol. The van der Waals surface area contributed by atoms with Crippen LogP contribution in [-0.4, -0.2) is 20.7 Å². The van der Waals surface area contributed by atoms with Gasteiger partial charge in [-0.3, -0.25) is 0 Å². The van der Waals surface area contributed by atoms with Gasteiger partial charge in [-0.15, -0.1) is 0 Å². The molecule has 0 amide bonds. The van der Waals surface area contributed by atoms with Crippen LogP contribution in [0.1, 0.15) is 11.6 Å². The molecule has 0 aliphatic heterocycles. The van der Waals surface area contributed by atoms with Crippen LogP contribution in [0.4, 0.5) is 10.1 Å². The Morgan fingerprint density at radius 1 is 1.24 bits per heavy atom. The smallest absolute Gasteiger partial charge is 0.125 e. The van der Waals surface area contributed by atoms with Gasteiger partial charge in [0.25, 0.3) is 0 Å². The second-order valence-corrected chi connectivity index (χ2v) is 5.20. The summed E-state index contributed by atoms with van der Waals surface area (Å²) < 4.78 is 18.7. The van der Waals surface area contributed by atoms with Crippen molar-refractivity contribution in [3.63, 3.8) is 0 Å². The molecule has 2 aromatic carbocycles. The Morgan fingerprint density at radius 2 is 1.90 bits per heavy atom. The Morgan fingerprint density at radius 3 is 2.43 bits per heavy atom. The molecular formula is C16H18ClFN2O. The van der Waals surface area contributed by atoms with Crippen molar-refractivity contribution >= 4 is 17.3 Å². The number of anilines is 1. The first-order valence-electron chi connectivity index (χ1n) is 6.58. The molecule has 1 atom stereocenters. The first-order valence-corrected chi connectivity index (χ1v) is 6.96. The van der Waals surface area contributed by atoms with Crippen LogP contribution in [0.2, 0.25) is 5.02 Å². The molecule has 21 heavy (non-hydrogen) atoms. The van der Waals surface area contributed by atoms with Crippen molar-refractivity contribution in [1.29, 1.82) is 0 Å². The normalized spacial score (nSPS) is 12.0. The molecule has 0 aliphatic carbocycles. The Bertz CT molecular complexity index is 583. The molecule has 2 rings (SSSR count). The number of hydrogen-bond donors (Lipinski definition) is 1. The highest BCUT2D eigenvalue weighted by Crippen LogP contribution is 2.28. The molecule has 0 bridgehead atoms. The number of rotatable bonds is 5. The summed E-state index contributed by atoms with van der Waals surface area (Å²) in [6, 6.07) is 11.9. The van der Waals surface area contributed by atoms with Crippen LogP contribution in [0, 0.1) is 5.82 Å². The van der Waals surface area contributed by atoms with Gasteiger partial charge in [-0.25, -0.2) is 4.39 Å². The molecule has 0 fully saturated rings. The van der Waals surface area contributed by atoms with Crippen molar-refractivity contribution in [1.82, 2.24) is 0 Å². The van der Waals surface area contributed by atoms with Gasteiger partial charge >= 0.3 is 0 Å². The quantitative estimate of drug-likeness (QED) is 0.917. The predicted octanol–water partition coefficient (Wildman–Crippen LogP) is 3.62. The summed E-state index contributed by atoms with van der Waals surface area (Å²) in [6.45, 7) is 0.350. The molecule has 3 nitrogen and oxygen atoms in total. The number of halogens is 2. The van der Waals surface area contributed by atoms with Gasteiger partial charge in [0.1, 0.15) is 11.6 Å². The van der Waals surface area contributed by atoms with E-state index in [1.165, 1.54) is 12.1 Å². The average molecular weight is 309 g/mol. The SMILES string of the molecule is COc1ccc(N(C)C(CN)c2cc(F)cc(Cl)c2)cc1. The second-order valence-electron chi connectivity index (χ2n) is 4.76. The number of methoxy groups -OCH3 is 1. The lowest BCUT2D eigenvalue weighted by molar-refractivity contribution is 0.415. The summed E-state index contributed by atoms with van der Waals surface area (Å²) in [4.78, 5) is 1.99. The van der Waals surface area contributed by atoms with Gasteiger partial charge in [0, 0.05) is 24.3 Å². The van der Waals surface area contributed by atoms with Crippen LogP contribution in [0.5, 0.6) is 5.75 Å². The van der Waals surface area contributed by atoms with E-state index in [2.05, 4.69) is 0 Å². The van der Waals surface area contributed by atoms with E-state index in [-0.39, 0.29) is 11.9 Å². The summed E-state index contributed by atoms with van der Waals surface area (Å²) in [5.41, 5.74) is 7.58. The van der Waals surface area contributed by atoms with Crippen LogP contribution in [0.3, 0.4) is 0 Å². The first-order chi connectivity index (χ1) is 10.0. The fourth-order valence-electron chi connectivity index (χ4n) is 2.28. The highest BCUT2D eigenvalue weighted by Gasteiger charge is 2.17. The monoisotopic (exact) mass is 308 g/mol. The van der Waals surface area contributed by atoms with Crippen LogP contribution < -0.4 is 15.4 Å². The maximum absolute atomic E-state index is 13.5. The summed E-state index contributed by atoms with van der Waals surface area (Å²) in [5, 5.41) is 0.367. The van der Waals surface area contributed by atoms with E-state index >= 15 is 0 Å². The van der Waals surface area contributed by atoms with Gasteiger partial charge in [-0.1, -0.05) is 11.6 Å². The lowest BCUT2D eigenvalue weighted by Gasteiger charge is -2.29. The minimum Gasteiger partial charge on any atom is -0.497 e. The molecule has 0 aromatic heterocycles. The Labute approximate surface area is 129 Å². The van der Waals surface area contributed by atoms with Crippen LogP contribution >= 0.6 is 11.6 Å². The number of nitrogens with two attached hydrogens (primary N) is 1. The Hall–Kier alpha value is -1.78. The van der Waals surface area contributed by atoms with E-state index in [0.29, 0.717) is 11.6 Å². The highest BCUT2D eigenvalue weighted by atomic mass is 35.5. The topological polar surface area (TPSA) is 38.5 Å². The van der Waals surface area contributed by atoms with E-state index in [0.717, 1.165) is 17.0 Å². The van der Waals surface area contributed by atoms with Crippen molar-refractivity contribution in [2.24, 2.45) is 5.73 Å². The third-order valence-electron chi connectivity index (χ3n) is 3.44. The lowest BCUT2D eigenvalue weighted by atomic mass is 10.0. The standard InChI is InChI=1S/C16H18ClFN2O/c1-20(14-3-5-15(21-2)6-4-14)16(10-19)11-7-12(17)9-13(18)8-11/h3-9,16H,10,19H2,1-2H3. The maximum atomic E-state index is 13.5. The van der Waals surface area contributed by atoms with Crippen molar-refractivity contribution in [2.45, 2.75) is 6.04 Å². The summed E-state index contributed by atoms with van der Waals surface area (Å²) >= 11 is 5.93. The largest absolute Gasteiger partial charge is 0.497 e. The van der Waals surface area contributed by atoms with Gasteiger partial charge < -0.3 is 15.4 Å². The summed E-state index contributed by atoms with van der Waals surface area (Å²) in [7, 11) is 3.54. The van der Waals surface area contributed by atoms with Gasteiger partial charge in [-0.05, 0) is 48.0 Å². The number of ether oxygens (including phenoxy) is 1. The van der Waals surface area contributed by atoms with Gasteiger partial charge in [-0.2, -0.15) is 0 Å². The molecule has 0 aliphatic rings. The van der Waals surface area contributed by atoms with Crippen LogP contribution in [0.25, 0.3) is 0 Å². The van der Waals surface area contributed by atoms with Crippen LogP contribution in [-0.2, 0) is 0 Å². The molecule has 0 radical (unpaired) electrons. The van der Waals surface area contributed by atoms with Crippen molar-refractivity contribution < 1.29 is 9.13 Å². The number of nitrogens with zero attached hydrogens (tertiary/aromatic N) is 1. The fourth-order valence-corrected chi connectivity index (χ4v) is 2.51. The molecule has 112 valence electrons. The zero-order valence-corrected chi connectivity index (χ0v) is 12.8. The zero-order valence-electron chi connectivity index (χ0n) is 12.0. The average Bonchev–Trinajstić information content (AvgIpc) is 2.47. The van der Waals surface area contributed by atoms with Crippen LogP contribution in [0.15, 0.2) is 42.5 Å². The minimum absolute atomic E-state index is 0.161. The molecule has 0 saturated heterocycles. The second kappa shape index (κ2) is 6.78. The fraction of sp³-hybridized carbons (Fsp3) is 0.250. The van der Waals surface area contributed by atoms with E-state index in [1.54, 1.807) is 13.2 Å². The molecule has 5 heteroatoms. The van der Waals surface area contributed by atoms with Crippen molar-refractivity contribution in [3.05, 3.63) is 58.9 Å². The summed E-state index contributed by atoms with van der Waals surface area (Å²) in [5.74, 6) is 0.421. The van der Waals surface area contributed by atoms with E-state index in [1.807, 2.05) is 36.2 Å². The van der Waals surface area contributed by atoms with Gasteiger partial charge in [0.15, 0.2) is 0 Å². The third-order valence-corrected chi connectivity index (χ3v) is 3.66. The van der Waals surface area contributed by atoms with Gasteiger partial charge in [0.05, 0.1) is 13.2 Å².